The van der Waals surface area contributed by atoms with Crippen molar-refractivity contribution in [2.45, 2.75) is 46.5 Å². The first-order valence-electron chi connectivity index (χ1n) is 6.65. The van der Waals surface area contributed by atoms with Crippen LogP contribution in [-0.4, -0.2) is 42.8 Å². The molecule has 0 aromatic carbocycles. The molecule has 0 saturated carbocycles. The Balaban J connectivity index is 4.20. The Morgan fingerprint density at radius 1 is 1.19 bits per heavy atom. The maximum Gasteiger partial charge on any atom is 0.0558 e. The molecule has 98 valence electrons. The smallest absolute Gasteiger partial charge is 0.0558 e. The molecule has 0 aliphatic rings. The molecule has 3 N–H and O–H groups in total. The standard InChI is InChI=1S/C13H30N2O/c1-4-6-8-15(9-10-16)12-13(3,11-14)7-5-2/h16H,4-12,14H2,1-3H3. The number of rotatable bonds is 10. The summed E-state index contributed by atoms with van der Waals surface area (Å²) in [6, 6.07) is 0. The molecule has 3 heteroatoms. The molecule has 0 saturated heterocycles. The monoisotopic (exact) mass is 230 g/mol. The van der Waals surface area contributed by atoms with Crippen LogP contribution in [0.1, 0.15) is 46.5 Å². The Hall–Kier alpha value is -0.120. The first-order chi connectivity index (χ1) is 7.61. The van der Waals surface area contributed by atoms with Gasteiger partial charge in [0, 0.05) is 13.1 Å². The Morgan fingerprint density at radius 3 is 2.31 bits per heavy atom. The zero-order valence-corrected chi connectivity index (χ0v) is 11.3. The number of hydrogen-bond donors (Lipinski definition) is 2. The third kappa shape index (κ3) is 6.46. The van der Waals surface area contributed by atoms with E-state index in [-0.39, 0.29) is 12.0 Å². The van der Waals surface area contributed by atoms with Gasteiger partial charge in [0.1, 0.15) is 0 Å². The van der Waals surface area contributed by atoms with Gasteiger partial charge in [-0.25, -0.2) is 0 Å². The lowest BCUT2D eigenvalue weighted by Crippen LogP contribution is -2.42. The quantitative estimate of drug-likeness (QED) is 0.602. The van der Waals surface area contributed by atoms with Crippen LogP contribution in [0.3, 0.4) is 0 Å². The van der Waals surface area contributed by atoms with Crippen LogP contribution < -0.4 is 5.73 Å². The number of nitrogens with two attached hydrogens (primary N) is 1. The molecule has 1 atom stereocenters. The van der Waals surface area contributed by atoms with Gasteiger partial charge in [-0.1, -0.05) is 33.6 Å². The van der Waals surface area contributed by atoms with E-state index in [9.17, 15) is 0 Å². The zero-order chi connectivity index (χ0) is 12.4. The summed E-state index contributed by atoms with van der Waals surface area (Å²) in [6.45, 7) is 10.5. The summed E-state index contributed by atoms with van der Waals surface area (Å²) in [4.78, 5) is 2.35. The fraction of sp³-hybridized carbons (Fsp3) is 1.00. The summed E-state index contributed by atoms with van der Waals surface area (Å²) in [7, 11) is 0. The van der Waals surface area contributed by atoms with Gasteiger partial charge < -0.3 is 15.7 Å². The summed E-state index contributed by atoms with van der Waals surface area (Å²) in [5, 5.41) is 9.06. The maximum atomic E-state index is 9.06. The molecular formula is C13H30N2O. The van der Waals surface area contributed by atoms with Gasteiger partial charge in [0.05, 0.1) is 6.61 Å². The van der Waals surface area contributed by atoms with E-state index in [0.29, 0.717) is 0 Å². The summed E-state index contributed by atoms with van der Waals surface area (Å²) in [5.41, 5.74) is 6.08. The molecule has 0 bridgehead atoms. The second-order valence-electron chi connectivity index (χ2n) is 5.12. The molecule has 0 aliphatic carbocycles. The van der Waals surface area contributed by atoms with E-state index in [1.165, 1.54) is 19.3 Å². The molecule has 0 amide bonds. The lowest BCUT2D eigenvalue weighted by molar-refractivity contribution is 0.130. The minimum absolute atomic E-state index is 0.206. The lowest BCUT2D eigenvalue weighted by atomic mass is 9.85. The highest BCUT2D eigenvalue weighted by Gasteiger charge is 2.24. The summed E-state index contributed by atoms with van der Waals surface area (Å²) in [6.07, 6.45) is 4.74. The highest BCUT2D eigenvalue weighted by atomic mass is 16.3. The summed E-state index contributed by atoms with van der Waals surface area (Å²) >= 11 is 0. The minimum Gasteiger partial charge on any atom is -0.395 e. The van der Waals surface area contributed by atoms with E-state index in [2.05, 4.69) is 25.7 Å². The van der Waals surface area contributed by atoms with E-state index >= 15 is 0 Å². The highest BCUT2D eigenvalue weighted by molar-refractivity contribution is 4.79. The minimum atomic E-state index is 0.206. The lowest BCUT2D eigenvalue weighted by Gasteiger charge is -2.34. The van der Waals surface area contributed by atoms with Gasteiger partial charge in [-0.3, -0.25) is 0 Å². The Kier molecular flexibility index (Phi) is 8.90. The van der Waals surface area contributed by atoms with Gasteiger partial charge >= 0.3 is 0 Å². The van der Waals surface area contributed by atoms with E-state index in [1.807, 2.05) is 0 Å². The fourth-order valence-corrected chi connectivity index (χ4v) is 2.18. The van der Waals surface area contributed by atoms with Crippen molar-refractivity contribution < 1.29 is 5.11 Å². The predicted molar refractivity (Wildman–Crippen MR) is 70.5 cm³/mol. The van der Waals surface area contributed by atoms with E-state index in [0.717, 1.165) is 32.6 Å². The van der Waals surface area contributed by atoms with Crippen LogP contribution in [0.15, 0.2) is 0 Å². The van der Waals surface area contributed by atoms with Gasteiger partial charge in [0.25, 0.3) is 0 Å². The predicted octanol–water partition coefficient (Wildman–Crippen LogP) is 1.85. The first kappa shape index (κ1) is 15.9. The average molecular weight is 230 g/mol. The van der Waals surface area contributed by atoms with Crippen molar-refractivity contribution in [2.75, 3.05) is 32.8 Å². The second kappa shape index (κ2) is 8.97. The topological polar surface area (TPSA) is 49.5 Å². The van der Waals surface area contributed by atoms with Crippen LogP contribution in [0.2, 0.25) is 0 Å². The van der Waals surface area contributed by atoms with Crippen LogP contribution in [0.25, 0.3) is 0 Å². The molecule has 0 spiro atoms. The molecule has 1 unspecified atom stereocenters. The van der Waals surface area contributed by atoms with Gasteiger partial charge in [0.15, 0.2) is 0 Å². The molecule has 3 nitrogen and oxygen atoms in total. The van der Waals surface area contributed by atoms with Gasteiger partial charge in [-0.2, -0.15) is 0 Å². The van der Waals surface area contributed by atoms with Crippen molar-refractivity contribution in [2.24, 2.45) is 11.1 Å². The van der Waals surface area contributed by atoms with E-state index in [1.54, 1.807) is 0 Å². The number of nitrogens with zero attached hydrogens (tertiary/aromatic N) is 1. The number of unbranched alkanes of at least 4 members (excludes halogenated alkanes) is 1. The second-order valence-corrected chi connectivity index (χ2v) is 5.12. The molecule has 0 heterocycles. The molecule has 0 radical (unpaired) electrons. The van der Waals surface area contributed by atoms with Crippen molar-refractivity contribution in [1.29, 1.82) is 0 Å². The largest absolute Gasteiger partial charge is 0.395 e. The molecule has 16 heavy (non-hydrogen) atoms. The normalized spacial score (nSPS) is 15.4. The van der Waals surface area contributed by atoms with Crippen LogP contribution >= 0.6 is 0 Å². The van der Waals surface area contributed by atoms with E-state index < -0.39 is 0 Å². The summed E-state index contributed by atoms with van der Waals surface area (Å²) < 4.78 is 0. The van der Waals surface area contributed by atoms with Gasteiger partial charge in [0.2, 0.25) is 0 Å². The molecule has 0 aromatic rings. The third-order valence-corrected chi connectivity index (χ3v) is 3.20. The van der Waals surface area contributed by atoms with Crippen LogP contribution in [0, 0.1) is 5.41 Å². The third-order valence-electron chi connectivity index (χ3n) is 3.20. The highest BCUT2D eigenvalue weighted by Crippen LogP contribution is 2.23. The van der Waals surface area contributed by atoms with Crippen molar-refractivity contribution in [3.63, 3.8) is 0 Å². The van der Waals surface area contributed by atoms with Crippen LogP contribution in [-0.2, 0) is 0 Å². The van der Waals surface area contributed by atoms with Crippen LogP contribution in [0.5, 0.6) is 0 Å². The van der Waals surface area contributed by atoms with Gasteiger partial charge in [-0.05, 0) is 31.3 Å². The van der Waals surface area contributed by atoms with Crippen molar-refractivity contribution in [1.82, 2.24) is 4.90 Å². The SMILES string of the molecule is CCCCN(CCO)CC(C)(CN)CCC. The van der Waals surface area contributed by atoms with Crippen molar-refractivity contribution in [3.05, 3.63) is 0 Å². The Bertz CT molecular complexity index is 164. The molecule has 0 fully saturated rings. The molecule has 0 aromatic heterocycles. The maximum absolute atomic E-state index is 9.06. The van der Waals surface area contributed by atoms with E-state index in [4.69, 9.17) is 10.8 Å². The summed E-state index contributed by atoms with van der Waals surface area (Å²) in [5.74, 6) is 0. The Morgan fingerprint density at radius 2 is 1.88 bits per heavy atom. The average Bonchev–Trinajstić information content (AvgIpc) is 2.26. The Labute approximate surface area is 101 Å². The number of aliphatic hydroxyl groups is 1. The first-order valence-corrected chi connectivity index (χ1v) is 6.65. The van der Waals surface area contributed by atoms with Gasteiger partial charge in [-0.15, -0.1) is 0 Å². The van der Waals surface area contributed by atoms with Crippen LogP contribution in [0.4, 0.5) is 0 Å². The molecule has 0 rings (SSSR count). The zero-order valence-electron chi connectivity index (χ0n) is 11.3. The number of hydrogen-bond acceptors (Lipinski definition) is 3. The molecular weight excluding hydrogens is 200 g/mol. The number of aliphatic hydroxyl groups excluding tert-OH is 1. The van der Waals surface area contributed by atoms with Crippen molar-refractivity contribution >= 4 is 0 Å². The fourth-order valence-electron chi connectivity index (χ4n) is 2.18. The van der Waals surface area contributed by atoms with Crippen molar-refractivity contribution in [3.8, 4) is 0 Å². The molecule has 0 aliphatic heterocycles.